The van der Waals surface area contributed by atoms with Crippen LogP contribution in [0.15, 0.2) is 16.7 Å². The lowest BCUT2D eigenvalue weighted by atomic mass is 10.3. The lowest BCUT2D eigenvalue weighted by Crippen LogP contribution is -2.24. The summed E-state index contributed by atoms with van der Waals surface area (Å²) in [5, 5.41) is 0. The van der Waals surface area contributed by atoms with E-state index in [9.17, 15) is 0 Å². The van der Waals surface area contributed by atoms with Crippen molar-refractivity contribution < 1.29 is 4.42 Å². The summed E-state index contributed by atoms with van der Waals surface area (Å²) < 4.78 is 5.31. The minimum absolute atomic E-state index is 0.623. The third-order valence-electron chi connectivity index (χ3n) is 2.29. The molecule has 0 aromatic carbocycles. The first-order chi connectivity index (χ1) is 5.27. The van der Waals surface area contributed by atoms with Gasteiger partial charge in [0.2, 0.25) is 0 Å². The van der Waals surface area contributed by atoms with Gasteiger partial charge in [0.25, 0.3) is 0 Å². The fourth-order valence-electron chi connectivity index (χ4n) is 1.47. The van der Waals surface area contributed by atoms with Crippen molar-refractivity contribution >= 4 is 0 Å². The molecule has 0 unspecified atom stereocenters. The van der Waals surface area contributed by atoms with Gasteiger partial charge >= 0.3 is 0 Å². The van der Waals surface area contributed by atoms with Crippen molar-refractivity contribution in [3.8, 4) is 0 Å². The van der Waals surface area contributed by atoms with Gasteiger partial charge in [-0.1, -0.05) is 0 Å². The molecule has 0 atom stereocenters. The molecule has 0 saturated heterocycles. The van der Waals surface area contributed by atoms with Gasteiger partial charge in [0.1, 0.15) is 5.76 Å². The van der Waals surface area contributed by atoms with Gasteiger partial charge in [0.15, 0.2) is 0 Å². The summed E-state index contributed by atoms with van der Waals surface area (Å²) in [4.78, 5) is 2.40. The average molecular weight is 151 g/mol. The maximum Gasteiger partial charge on any atom is 0.122 e. The number of nitrogens with zero attached hydrogens (tertiary/aromatic N) is 1. The molecule has 0 fully saturated rings. The zero-order chi connectivity index (χ0) is 7.84. The van der Waals surface area contributed by atoms with Crippen molar-refractivity contribution in [1.82, 2.24) is 4.90 Å². The molecule has 1 aromatic heterocycles. The van der Waals surface area contributed by atoms with Crippen LogP contribution < -0.4 is 0 Å². The predicted octanol–water partition coefficient (Wildman–Crippen LogP) is 2.00. The molecular formula is C9H13NO. The maximum absolute atomic E-state index is 5.31. The molecule has 1 aromatic rings. The average Bonchev–Trinajstić information content (AvgIpc) is 2.40. The summed E-state index contributed by atoms with van der Waals surface area (Å²) in [5.41, 5.74) is 1.36. The van der Waals surface area contributed by atoms with E-state index >= 15 is 0 Å². The second-order valence-corrected chi connectivity index (χ2v) is 3.37. The number of hydrogen-bond acceptors (Lipinski definition) is 2. The van der Waals surface area contributed by atoms with Gasteiger partial charge in [-0.25, -0.2) is 0 Å². The summed E-state index contributed by atoms with van der Waals surface area (Å²) in [5.74, 6) is 1.15. The summed E-state index contributed by atoms with van der Waals surface area (Å²) in [7, 11) is 0. The highest BCUT2D eigenvalue weighted by Gasteiger charge is 2.22. The van der Waals surface area contributed by atoms with Gasteiger partial charge in [0.05, 0.1) is 12.8 Å². The lowest BCUT2D eigenvalue weighted by Gasteiger charge is -2.18. The molecule has 0 spiro atoms. The van der Waals surface area contributed by atoms with Crippen molar-refractivity contribution in [1.29, 1.82) is 0 Å². The first kappa shape index (κ1) is 6.92. The fourth-order valence-corrected chi connectivity index (χ4v) is 1.47. The van der Waals surface area contributed by atoms with Gasteiger partial charge in [-0.2, -0.15) is 0 Å². The molecule has 0 bridgehead atoms. The van der Waals surface area contributed by atoms with Crippen LogP contribution in [0.4, 0.5) is 0 Å². The first-order valence-electron chi connectivity index (χ1n) is 4.06. The standard InChI is InChI=1S/C9H13NO/c1-7(2)10-5-8-3-4-11-9(8)6-10/h3-4,7H,5-6H2,1-2H3. The highest BCUT2D eigenvalue weighted by Crippen LogP contribution is 2.24. The molecule has 0 aliphatic carbocycles. The van der Waals surface area contributed by atoms with Gasteiger partial charge in [0, 0.05) is 18.2 Å². The predicted molar refractivity (Wildman–Crippen MR) is 43.1 cm³/mol. The van der Waals surface area contributed by atoms with E-state index in [2.05, 4.69) is 24.8 Å². The smallest absolute Gasteiger partial charge is 0.122 e. The third kappa shape index (κ3) is 1.07. The van der Waals surface area contributed by atoms with Gasteiger partial charge < -0.3 is 4.42 Å². The second kappa shape index (κ2) is 2.38. The largest absolute Gasteiger partial charge is 0.468 e. The topological polar surface area (TPSA) is 16.4 Å². The Morgan fingerprint density at radius 2 is 2.27 bits per heavy atom. The quantitative estimate of drug-likeness (QED) is 0.610. The van der Waals surface area contributed by atoms with E-state index < -0.39 is 0 Å². The van der Waals surface area contributed by atoms with E-state index in [1.165, 1.54) is 5.56 Å². The molecule has 0 N–H and O–H groups in total. The number of rotatable bonds is 1. The molecule has 2 heterocycles. The Bertz CT molecular complexity index is 231. The summed E-state index contributed by atoms with van der Waals surface area (Å²) in [6.07, 6.45) is 1.78. The van der Waals surface area contributed by atoms with Crippen LogP contribution >= 0.6 is 0 Å². The third-order valence-corrected chi connectivity index (χ3v) is 2.29. The first-order valence-corrected chi connectivity index (χ1v) is 4.06. The maximum atomic E-state index is 5.31. The van der Waals surface area contributed by atoms with E-state index in [0.717, 1.165) is 18.8 Å². The molecule has 0 amide bonds. The molecular weight excluding hydrogens is 138 g/mol. The van der Waals surface area contributed by atoms with Crippen molar-refractivity contribution in [3.63, 3.8) is 0 Å². The molecule has 1 aliphatic rings. The Labute approximate surface area is 66.8 Å². The van der Waals surface area contributed by atoms with Crippen LogP contribution in [0.3, 0.4) is 0 Å². The number of hydrogen-bond donors (Lipinski definition) is 0. The van der Waals surface area contributed by atoms with Gasteiger partial charge in [-0.15, -0.1) is 0 Å². The van der Waals surface area contributed by atoms with Gasteiger partial charge in [-0.05, 0) is 19.9 Å². The van der Waals surface area contributed by atoms with E-state index in [0.29, 0.717) is 6.04 Å². The number of furan rings is 1. The molecule has 2 rings (SSSR count). The van der Waals surface area contributed by atoms with Crippen LogP contribution in [0.1, 0.15) is 25.2 Å². The zero-order valence-electron chi connectivity index (χ0n) is 7.00. The van der Waals surface area contributed by atoms with Crippen molar-refractivity contribution in [3.05, 3.63) is 23.7 Å². The van der Waals surface area contributed by atoms with E-state index in [-0.39, 0.29) is 0 Å². The molecule has 0 radical (unpaired) electrons. The van der Waals surface area contributed by atoms with Gasteiger partial charge in [-0.3, -0.25) is 4.90 Å². The Kier molecular flexibility index (Phi) is 1.50. The van der Waals surface area contributed by atoms with Crippen molar-refractivity contribution in [2.24, 2.45) is 0 Å². The van der Waals surface area contributed by atoms with E-state index in [1.807, 2.05) is 0 Å². The van der Waals surface area contributed by atoms with Crippen molar-refractivity contribution in [2.45, 2.75) is 33.0 Å². The normalized spacial score (nSPS) is 17.7. The zero-order valence-corrected chi connectivity index (χ0v) is 7.00. The Morgan fingerprint density at radius 3 is 2.91 bits per heavy atom. The highest BCUT2D eigenvalue weighted by atomic mass is 16.3. The lowest BCUT2D eigenvalue weighted by molar-refractivity contribution is 0.215. The van der Waals surface area contributed by atoms with Crippen LogP contribution in [-0.4, -0.2) is 10.9 Å². The van der Waals surface area contributed by atoms with Crippen LogP contribution in [0, 0.1) is 0 Å². The monoisotopic (exact) mass is 151 g/mol. The second-order valence-electron chi connectivity index (χ2n) is 3.37. The molecule has 60 valence electrons. The summed E-state index contributed by atoms with van der Waals surface area (Å²) in [6, 6.07) is 2.69. The SMILES string of the molecule is CC(C)N1Cc2ccoc2C1. The molecule has 2 nitrogen and oxygen atoms in total. The minimum Gasteiger partial charge on any atom is -0.468 e. The van der Waals surface area contributed by atoms with E-state index in [1.54, 1.807) is 6.26 Å². The molecule has 2 heteroatoms. The van der Waals surface area contributed by atoms with Crippen LogP contribution in [0.2, 0.25) is 0 Å². The Balaban J connectivity index is 2.16. The number of fused-ring (bicyclic) bond motifs is 1. The van der Waals surface area contributed by atoms with Crippen LogP contribution in [0.25, 0.3) is 0 Å². The molecule has 11 heavy (non-hydrogen) atoms. The van der Waals surface area contributed by atoms with Crippen LogP contribution in [0.5, 0.6) is 0 Å². The van der Waals surface area contributed by atoms with Crippen LogP contribution in [-0.2, 0) is 13.1 Å². The Morgan fingerprint density at radius 1 is 1.45 bits per heavy atom. The fraction of sp³-hybridized carbons (Fsp3) is 0.556. The van der Waals surface area contributed by atoms with Crippen molar-refractivity contribution in [2.75, 3.05) is 0 Å². The van der Waals surface area contributed by atoms with E-state index in [4.69, 9.17) is 4.42 Å². The molecule has 1 aliphatic heterocycles. The summed E-state index contributed by atoms with van der Waals surface area (Å²) >= 11 is 0. The highest BCUT2D eigenvalue weighted by molar-refractivity contribution is 5.21. The minimum atomic E-state index is 0.623. The summed E-state index contributed by atoms with van der Waals surface area (Å²) in [6.45, 7) is 6.47. The molecule has 0 saturated carbocycles. The Hall–Kier alpha value is -0.760.